The number of hydrogen-bond acceptors (Lipinski definition) is 5. The van der Waals surface area contributed by atoms with E-state index >= 15 is 0 Å². The van der Waals surface area contributed by atoms with Crippen molar-refractivity contribution < 1.29 is 60.1 Å². The first-order chi connectivity index (χ1) is 9.60. The molecule has 0 atom stereocenters. The molecular formula is C15H16NO4Zn2-. The zero-order chi connectivity index (χ0) is 14.5. The van der Waals surface area contributed by atoms with E-state index < -0.39 is 0 Å². The van der Waals surface area contributed by atoms with Crippen molar-refractivity contribution in [1.82, 2.24) is 0 Å². The van der Waals surface area contributed by atoms with Gasteiger partial charge in [-0.25, -0.2) is 4.79 Å². The van der Waals surface area contributed by atoms with E-state index in [2.05, 4.69) is 10.1 Å². The van der Waals surface area contributed by atoms with Crippen LogP contribution in [-0.4, -0.2) is 23.3 Å². The summed E-state index contributed by atoms with van der Waals surface area (Å²) in [6.45, 7) is 0.359. The number of carbonyl (C=O) groups excluding carboxylic acids is 1. The van der Waals surface area contributed by atoms with Crippen molar-refractivity contribution in [3.63, 3.8) is 0 Å². The van der Waals surface area contributed by atoms with Gasteiger partial charge in [-0.3, -0.25) is 0 Å². The molecule has 0 radical (unpaired) electrons. The van der Waals surface area contributed by atoms with Crippen LogP contribution in [0.4, 0.5) is 5.69 Å². The van der Waals surface area contributed by atoms with Crippen molar-refractivity contribution in [2.24, 2.45) is 0 Å². The van der Waals surface area contributed by atoms with Crippen LogP contribution in [0.15, 0.2) is 42.5 Å². The average Bonchev–Trinajstić information content (AvgIpc) is 2.48. The van der Waals surface area contributed by atoms with Crippen LogP contribution in [-0.2, 0) is 50.2 Å². The Morgan fingerprint density at radius 1 is 1.14 bits per heavy atom. The van der Waals surface area contributed by atoms with Crippen molar-refractivity contribution in [3.05, 3.63) is 53.6 Å². The molecule has 0 unspecified atom stereocenters. The molecule has 0 heterocycles. The standard InChI is InChI=1S/C15H15NO4.2Zn.H/c1-20-15(19)10-2-4-12(5-3-10)16-9-11-8-13(17)6-7-14(11)18;;;/h2-8,16-18H,9H2,1H3;;;/q;;;-1. The molecule has 0 saturated carbocycles. The van der Waals surface area contributed by atoms with E-state index in [4.69, 9.17) is 0 Å². The first-order valence-corrected chi connectivity index (χ1v) is 6.03. The van der Waals surface area contributed by atoms with Crippen molar-refractivity contribution in [2.75, 3.05) is 12.4 Å². The van der Waals surface area contributed by atoms with E-state index in [0.29, 0.717) is 17.7 Å². The monoisotopic (exact) mass is 402 g/mol. The van der Waals surface area contributed by atoms with Gasteiger partial charge in [0.25, 0.3) is 0 Å². The summed E-state index contributed by atoms with van der Waals surface area (Å²) < 4.78 is 4.61. The second-order valence-corrected chi connectivity index (χ2v) is 4.24. The minimum atomic E-state index is -0.387. The van der Waals surface area contributed by atoms with Gasteiger partial charge in [0.15, 0.2) is 0 Å². The van der Waals surface area contributed by atoms with Crippen LogP contribution in [0.25, 0.3) is 0 Å². The molecule has 0 spiro atoms. The molecule has 0 saturated heterocycles. The molecule has 0 fully saturated rings. The number of phenolic OH excluding ortho intramolecular Hbond substituents is 2. The molecular weight excluding hydrogens is 389 g/mol. The number of aromatic hydroxyl groups is 2. The molecule has 0 aliphatic rings. The van der Waals surface area contributed by atoms with Gasteiger partial charge in [0.05, 0.1) is 12.7 Å². The zero-order valence-corrected chi connectivity index (χ0v) is 18.3. The maximum Gasteiger partial charge on any atom is 0.337 e. The molecule has 3 N–H and O–H groups in total. The first kappa shape index (κ1) is 20.6. The molecule has 0 aromatic heterocycles. The molecule has 110 valence electrons. The second-order valence-electron chi connectivity index (χ2n) is 4.24. The number of hydrogen-bond donors (Lipinski definition) is 3. The summed E-state index contributed by atoms with van der Waals surface area (Å²) in [5, 5.41) is 22.1. The van der Waals surface area contributed by atoms with Crippen LogP contribution in [0.2, 0.25) is 0 Å². The minimum Gasteiger partial charge on any atom is -1.00 e. The molecule has 0 bridgehead atoms. The molecule has 2 aromatic rings. The number of anilines is 1. The van der Waals surface area contributed by atoms with Gasteiger partial charge < -0.3 is 21.7 Å². The predicted octanol–water partition coefficient (Wildman–Crippen LogP) is 2.60. The number of methoxy groups -OCH3 is 1. The summed E-state index contributed by atoms with van der Waals surface area (Å²) in [7, 11) is 1.33. The van der Waals surface area contributed by atoms with Gasteiger partial charge in [0, 0.05) is 56.8 Å². The number of ether oxygens (including phenoxy) is 1. The summed E-state index contributed by atoms with van der Waals surface area (Å²) in [6, 6.07) is 11.1. The van der Waals surface area contributed by atoms with Crippen LogP contribution in [0.5, 0.6) is 11.5 Å². The van der Waals surface area contributed by atoms with Gasteiger partial charge in [0.1, 0.15) is 11.5 Å². The SMILES string of the molecule is COC(=O)c1ccc(NCc2cc(O)ccc2O)cc1.[H-].[Zn].[Zn]. The molecule has 0 amide bonds. The molecule has 0 aliphatic heterocycles. The topological polar surface area (TPSA) is 78.8 Å². The zero-order valence-electron chi connectivity index (χ0n) is 13.4. The normalized spacial score (nSPS) is 9.14. The summed E-state index contributed by atoms with van der Waals surface area (Å²) in [6.07, 6.45) is 0. The number of carbonyl (C=O) groups is 1. The first-order valence-electron chi connectivity index (χ1n) is 6.03. The van der Waals surface area contributed by atoms with E-state index in [9.17, 15) is 15.0 Å². The van der Waals surface area contributed by atoms with E-state index in [1.54, 1.807) is 24.3 Å². The predicted molar refractivity (Wildman–Crippen MR) is 76.0 cm³/mol. The second kappa shape index (κ2) is 9.55. The number of esters is 1. The average molecular weight is 405 g/mol. The summed E-state index contributed by atoms with van der Waals surface area (Å²) in [5.74, 6) is -0.177. The van der Waals surface area contributed by atoms with Gasteiger partial charge in [-0.2, -0.15) is 0 Å². The fourth-order valence-electron chi connectivity index (χ4n) is 1.75. The van der Waals surface area contributed by atoms with Gasteiger partial charge in [-0.05, 0) is 42.5 Å². The van der Waals surface area contributed by atoms with E-state index in [0.717, 1.165) is 5.69 Å². The summed E-state index contributed by atoms with van der Waals surface area (Å²) in [4.78, 5) is 11.3. The Morgan fingerprint density at radius 3 is 2.36 bits per heavy atom. The molecule has 0 aliphatic carbocycles. The Balaban J connectivity index is 0. The number of nitrogens with one attached hydrogen (secondary N) is 1. The fourth-order valence-corrected chi connectivity index (χ4v) is 1.75. The van der Waals surface area contributed by atoms with Gasteiger partial charge in [-0.1, -0.05) is 0 Å². The molecule has 5 nitrogen and oxygen atoms in total. The van der Waals surface area contributed by atoms with Gasteiger partial charge in [-0.15, -0.1) is 0 Å². The third-order valence-electron chi connectivity index (χ3n) is 2.85. The van der Waals surface area contributed by atoms with Crippen LogP contribution in [0.1, 0.15) is 17.3 Å². The maximum atomic E-state index is 11.3. The van der Waals surface area contributed by atoms with Crippen molar-refractivity contribution in [2.45, 2.75) is 6.54 Å². The third-order valence-corrected chi connectivity index (χ3v) is 2.85. The van der Waals surface area contributed by atoms with Gasteiger partial charge >= 0.3 is 5.97 Å². The summed E-state index contributed by atoms with van der Waals surface area (Å²) >= 11 is 0. The number of rotatable bonds is 4. The molecule has 2 aromatic carbocycles. The van der Waals surface area contributed by atoms with Crippen LogP contribution in [0, 0.1) is 0 Å². The maximum absolute atomic E-state index is 11.3. The Kier molecular flexibility index (Phi) is 8.92. The van der Waals surface area contributed by atoms with Gasteiger partial charge in [0.2, 0.25) is 0 Å². The van der Waals surface area contributed by atoms with Crippen molar-refractivity contribution in [3.8, 4) is 11.5 Å². The Morgan fingerprint density at radius 2 is 1.77 bits per heavy atom. The molecule has 7 heteroatoms. The van der Waals surface area contributed by atoms with Crippen molar-refractivity contribution >= 4 is 11.7 Å². The number of benzene rings is 2. The van der Waals surface area contributed by atoms with E-state index in [1.165, 1.54) is 25.3 Å². The molecule has 22 heavy (non-hydrogen) atoms. The van der Waals surface area contributed by atoms with Crippen LogP contribution >= 0.6 is 0 Å². The Bertz CT molecular complexity index is 623. The van der Waals surface area contributed by atoms with Crippen LogP contribution in [0.3, 0.4) is 0 Å². The number of phenols is 2. The van der Waals surface area contributed by atoms with E-state index in [-0.39, 0.29) is 57.9 Å². The smallest absolute Gasteiger partial charge is 0.337 e. The minimum absolute atomic E-state index is 0. The van der Waals surface area contributed by atoms with Crippen molar-refractivity contribution in [1.29, 1.82) is 0 Å². The largest absolute Gasteiger partial charge is 1.00 e. The van der Waals surface area contributed by atoms with E-state index in [1.807, 2.05) is 0 Å². The van der Waals surface area contributed by atoms with Crippen LogP contribution < -0.4 is 5.32 Å². The fraction of sp³-hybridized carbons (Fsp3) is 0.133. The third kappa shape index (κ3) is 5.40. The quantitative estimate of drug-likeness (QED) is 0.414. The molecule has 2 rings (SSSR count). The summed E-state index contributed by atoms with van der Waals surface area (Å²) in [5.41, 5.74) is 1.85. The Labute approximate surface area is 155 Å². The Hall–Kier alpha value is -1.44.